The monoisotopic (exact) mass is 478 g/mol. The van der Waals surface area contributed by atoms with Gasteiger partial charge in [0.05, 0.1) is 5.56 Å². The lowest BCUT2D eigenvalue weighted by atomic mass is 10.1. The average Bonchev–Trinajstić information content (AvgIpc) is 2.68. The summed E-state index contributed by atoms with van der Waals surface area (Å²) < 4.78 is 6.12. The van der Waals surface area contributed by atoms with Crippen LogP contribution in [0.1, 0.15) is 29.6 Å². The molecule has 0 saturated carbocycles. The van der Waals surface area contributed by atoms with Crippen LogP contribution in [0.4, 0.5) is 11.4 Å². The molecule has 1 fully saturated rings. The van der Waals surface area contributed by atoms with Gasteiger partial charge in [-0.1, -0.05) is 0 Å². The molecule has 0 atom stereocenters. The number of halogens is 1. The largest absolute Gasteiger partial charge is 0.452 e. The van der Waals surface area contributed by atoms with Gasteiger partial charge in [-0.25, -0.2) is 4.79 Å². The molecule has 0 spiro atoms. The summed E-state index contributed by atoms with van der Waals surface area (Å²) in [6.45, 7) is 0.332. The normalized spacial score (nSPS) is 14.0. The van der Waals surface area contributed by atoms with Crippen molar-refractivity contribution in [3.8, 4) is 0 Å². The minimum atomic E-state index is -0.579. The minimum Gasteiger partial charge on any atom is -0.452 e. The fourth-order valence-corrected chi connectivity index (χ4v) is 3.16. The van der Waals surface area contributed by atoms with E-state index in [9.17, 15) is 14.4 Å². The summed E-state index contributed by atoms with van der Waals surface area (Å²) in [6.07, 6.45) is 2.45. The van der Waals surface area contributed by atoms with Crippen LogP contribution in [-0.2, 0) is 14.3 Å². The van der Waals surface area contributed by atoms with Crippen molar-refractivity contribution in [1.29, 1.82) is 0 Å². The lowest BCUT2D eigenvalue weighted by Crippen LogP contribution is -2.35. The Morgan fingerprint density at radius 1 is 1.04 bits per heavy atom. The quantitative estimate of drug-likeness (QED) is 0.527. The molecule has 3 rings (SSSR count). The van der Waals surface area contributed by atoms with Crippen molar-refractivity contribution in [2.24, 2.45) is 0 Å². The zero-order valence-corrected chi connectivity index (χ0v) is 16.8. The third kappa shape index (κ3) is 5.29. The molecule has 2 aromatic rings. The number of hydrogen-bond acceptors (Lipinski definition) is 4. The number of hydrogen-bond donors (Lipinski definition) is 1. The molecule has 1 N–H and O–H groups in total. The first-order valence-electron chi connectivity index (χ1n) is 8.66. The van der Waals surface area contributed by atoms with Crippen LogP contribution < -0.4 is 10.2 Å². The summed E-state index contributed by atoms with van der Waals surface area (Å²) >= 11 is 2.18. The van der Waals surface area contributed by atoms with Gasteiger partial charge in [-0.15, -0.1) is 0 Å². The molecule has 0 radical (unpaired) electrons. The number of piperidine rings is 1. The molecule has 1 aliphatic heterocycles. The van der Waals surface area contributed by atoms with Crippen molar-refractivity contribution in [3.63, 3.8) is 0 Å². The maximum absolute atomic E-state index is 12.1. The van der Waals surface area contributed by atoms with Crippen molar-refractivity contribution in [3.05, 3.63) is 57.7 Å². The van der Waals surface area contributed by atoms with E-state index in [2.05, 4.69) is 27.9 Å². The first kappa shape index (κ1) is 19.3. The third-order valence-corrected chi connectivity index (χ3v) is 4.92. The van der Waals surface area contributed by atoms with Crippen LogP contribution in [0.2, 0.25) is 0 Å². The molecule has 7 heteroatoms. The van der Waals surface area contributed by atoms with Crippen LogP contribution in [0, 0.1) is 3.57 Å². The lowest BCUT2D eigenvalue weighted by Gasteiger charge is -2.26. The number of esters is 1. The fraction of sp³-hybridized carbons (Fsp3) is 0.250. The van der Waals surface area contributed by atoms with Crippen molar-refractivity contribution in [2.75, 3.05) is 23.4 Å². The Labute approximate surface area is 171 Å². The number of carbonyl (C=O) groups excluding carboxylic acids is 3. The second-order valence-corrected chi connectivity index (χ2v) is 7.43. The SMILES string of the molecule is O=C(COC(=O)c1ccc(N2CCCCC2=O)cc1)Nc1ccc(I)cc1. The average molecular weight is 478 g/mol. The highest BCUT2D eigenvalue weighted by Crippen LogP contribution is 2.21. The molecule has 1 heterocycles. The molecule has 0 unspecified atom stereocenters. The molecule has 2 aromatic carbocycles. The van der Waals surface area contributed by atoms with Crippen LogP contribution in [-0.4, -0.2) is 30.9 Å². The number of carbonyl (C=O) groups is 3. The smallest absolute Gasteiger partial charge is 0.338 e. The summed E-state index contributed by atoms with van der Waals surface area (Å²) in [7, 11) is 0. The van der Waals surface area contributed by atoms with E-state index in [0.717, 1.165) is 22.1 Å². The standard InChI is InChI=1S/C20H19IN2O4/c21-15-6-8-16(9-7-15)22-18(24)13-27-20(26)14-4-10-17(11-5-14)23-12-2-1-3-19(23)25/h4-11H,1-3,12-13H2,(H,22,24). The van der Waals surface area contributed by atoms with E-state index in [1.807, 2.05) is 12.1 Å². The van der Waals surface area contributed by atoms with Gasteiger partial charge in [-0.2, -0.15) is 0 Å². The zero-order valence-electron chi connectivity index (χ0n) is 14.6. The van der Waals surface area contributed by atoms with Gasteiger partial charge in [0, 0.05) is 27.9 Å². The summed E-state index contributed by atoms with van der Waals surface area (Å²) in [4.78, 5) is 37.7. The molecule has 0 aromatic heterocycles. The van der Waals surface area contributed by atoms with E-state index < -0.39 is 11.9 Å². The number of benzene rings is 2. The topological polar surface area (TPSA) is 75.7 Å². The molecule has 140 valence electrons. The second kappa shape index (κ2) is 8.98. The first-order valence-corrected chi connectivity index (χ1v) is 9.74. The Bertz CT molecular complexity index is 834. The highest BCUT2D eigenvalue weighted by molar-refractivity contribution is 14.1. The predicted octanol–water partition coefficient (Wildman–Crippen LogP) is 3.60. The fourth-order valence-electron chi connectivity index (χ4n) is 2.80. The molecule has 0 aliphatic carbocycles. The summed E-state index contributed by atoms with van der Waals surface area (Å²) in [5.41, 5.74) is 1.75. The molecule has 27 heavy (non-hydrogen) atoms. The maximum Gasteiger partial charge on any atom is 0.338 e. The number of ether oxygens (including phenoxy) is 1. The van der Waals surface area contributed by atoms with Crippen molar-refractivity contribution >= 4 is 51.7 Å². The maximum atomic E-state index is 12.1. The molecule has 0 bridgehead atoms. The second-order valence-electron chi connectivity index (χ2n) is 6.18. The first-order chi connectivity index (χ1) is 13.0. The molecule has 1 saturated heterocycles. The van der Waals surface area contributed by atoms with Gasteiger partial charge in [0.25, 0.3) is 5.91 Å². The van der Waals surface area contributed by atoms with E-state index in [-0.39, 0.29) is 12.5 Å². The lowest BCUT2D eigenvalue weighted by molar-refractivity contribution is -0.120. The van der Waals surface area contributed by atoms with Gasteiger partial charge in [0.2, 0.25) is 5.91 Å². The zero-order chi connectivity index (χ0) is 19.2. The number of amides is 2. The Hall–Kier alpha value is -2.42. The molecular weight excluding hydrogens is 459 g/mol. The Morgan fingerprint density at radius 2 is 1.74 bits per heavy atom. The Kier molecular flexibility index (Phi) is 6.44. The minimum absolute atomic E-state index is 0.101. The van der Waals surface area contributed by atoms with Crippen molar-refractivity contribution in [1.82, 2.24) is 0 Å². The highest BCUT2D eigenvalue weighted by atomic mass is 127. The summed E-state index contributed by atoms with van der Waals surface area (Å²) in [5.74, 6) is -0.881. The molecule has 2 amide bonds. The Balaban J connectivity index is 1.52. The summed E-state index contributed by atoms with van der Waals surface area (Å²) in [5, 5.41) is 2.67. The van der Waals surface area contributed by atoms with Gasteiger partial charge in [-0.05, 0) is 84.0 Å². The summed E-state index contributed by atoms with van der Waals surface area (Å²) in [6, 6.07) is 14.0. The predicted molar refractivity (Wildman–Crippen MR) is 111 cm³/mol. The van der Waals surface area contributed by atoms with Gasteiger partial charge < -0.3 is 15.0 Å². The molecular formula is C20H19IN2O4. The van der Waals surface area contributed by atoms with Crippen LogP contribution in [0.5, 0.6) is 0 Å². The van der Waals surface area contributed by atoms with Crippen LogP contribution in [0.15, 0.2) is 48.5 Å². The van der Waals surface area contributed by atoms with E-state index in [4.69, 9.17) is 4.74 Å². The Morgan fingerprint density at radius 3 is 2.41 bits per heavy atom. The van der Waals surface area contributed by atoms with Gasteiger partial charge in [0.15, 0.2) is 6.61 Å². The number of nitrogens with one attached hydrogen (secondary N) is 1. The van der Waals surface area contributed by atoms with Crippen molar-refractivity contribution in [2.45, 2.75) is 19.3 Å². The van der Waals surface area contributed by atoms with Crippen LogP contribution in [0.3, 0.4) is 0 Å². The van der Waals surface area contributed by atoms with E-state index in [0.29, 0.717) is 24.2 Å². The number of anilines is 2. The van der Waals surface area contributed by atoms with Gasteiger partial charge >= 0.3 is 5.97 Å². The van der Waals surface area contributed by atoms with Crippen molar-refractivity contribution < 1.29 is 19.1 Å². The van der Waals surface area contributed by atoms with E-state index in [1.165, 1.54) is 0 Å². The number of nitrogens with zero attached hydrogens (tertiary/aromatic N) is 1. The van der Waals surface area contributed by atoms with Crippen LogP contribution in [0.25, 0.3) is 0 Å². The van der Waals surface area contributed by atoms with Crippen LogP contribution >= 0.6 is 22.6 Å². The highest BCUT2D eigenvalue weighted by Gasteiger charge is 2.20. The molecule has 1 aliphatic rings. The molecule has 6 nitrogen and oxygen atoms in total. The number of rotatable bonds is 5. The third-order valence-electron chi connectivity index (χ3n) is 4.20. The van der Waals surface area contributed by atoms with Gasteiger partial charge in [-0.3, -0.25) is 9.59 Å². The van der Waals surface area contributed by atoms with E-state index in [1.54, 1.807) is 41.3 Å². The van der Waals surface area contributed by atoms with Gasteiger partial charge in [0.1, 0.15) is 0 Å². The van der Waals surface area contributed by atoms with E-state index >= 15 is 0 Å².